The molecule has 0 spiro atoms. The van der Waals surface area contributed by atoms with Gasteiger partial charge in [-0.1, -0.05) is 18.2 Å². The maximum absolute atomic E-state index is 13.0. The van der Waals surface area contributed by atoms with Gasteiger partial charge in [0.25, 0.3) is 11.5 Å². The van der Waals surface area contributed by atoms with Crippen LogP contribution >= 0.6 is 0 Å². The molecule has 4 heterocycles. The number of nitrogens with one attached hydrogen (secondary N) is 1. The predicted molar refractivity (Wildman–Crippen MR) is 118 cm³/mol. The summed E-state index contributed by atoms with van der Waals surface area (Å²) in [7, 11) is 3.01. The number of anilines is 2. The first kappa shape index (κ1) is 20.2. The van der Waals surface area contributed by atoms with Crippen molar-refractivity contribution in [1.82, 2.24) is 24.0 Å². The third-order valence-electron chi connectivity index (χ3n) is 6.27. The van der Waals surface area contributed by atoms with E-state index in [2.05, 4.69) is 9.97 Å². The lowest BCUT2D eigenvalue weighted by atomic mass is 10.2. The summed E-state index contributed by atoms with van der Waals surface area (Å²) in [5.74, 6) is 0.122. The maximum atomic E-state index is 13.0. The number of carbonyl (C=O) groups is 2. The number of aromatic nitrogens is 4. The average molecular weight is 437 g/mol. The molecule has 166 valence electrons. The molecule has 2 aliphatic heterocycles. The summed E-state index contributed by atoms with van der Waals surface area (Å²) in [6.07, 6.45) is 0.163. The van der Waals surface area contributed by atoms with Crippen LogP contribution in [0.5, 0.6) is 0 Å². The van der Waals surface area contributed by atoms with E-state index in [4.69, 9.17) is 0 Å². The Hall–Kier alpha value is -3.73. The molecule has 32 heavy (non-hydrogen) atoms. The Morgan fingerprint density at radius 2 is 1.62 bits per heavy atom. The molecule has 2 fully saturated rings. The van der Waals surface area contributed by atoms with Crippen molar-refractivity contribution in [1.29, 1.82) is 0 Å². The first-order valence-corrected chi connectivity index (χ1v) is 10.4. The van der Waals surface area contributed by atoms with Crippen LogP contribution in [0.25, 0.3) is 11.2 Å². The van der Waals surface area contributed by atoms with Crippen LogP contribution in [0.3, 0.4) is 0 Å². The highest BCUT2D eigenvalue weighted by Crippen LogP contribution is 2.26. The molecule has 2 saturated heterocycles. The Labute approximate surface area is 182 Å². The molecule has 0 unspecified atom stereocenters. The fourth-order valence-electron chi connectivity index (χ4n) is 4.46. The fourth-order valence-corrected chi connectivity index (χ4v) is 4.46. The minimum atomic E-state index is -0.478. The van der Waals surface area contributed by atoms with Crippen LogP contribution in [0, 0.1) is 0 Å². The lowest BCUT2D eigenvalue weighted by Gasteiger charge is -2.36. The van der Waals surface area contributed by atoms with Crippen molar-refractivity contribution in [3.8, 4) is 0 Å². The third-order valence-corrected chi connectivity index (χ3v) is 6.27. The third kappa shape index (κ3) is 3.04. The van der Waals surface area contributed by atoms with Gasteiger partial charge in [0.2, 0.25) is 11.9 Å². The number of aromatic amines is 1. The molecule has 1 N–H and O–H groups in total. The van der Waals surface area contributed by atoms with Gasteiger partial charge in [-0.25, -0.2) is 9.69 Å². The van der Waals surface area contributed by atoms with E-state index >= 15 is 0 Å². The van der Waals surface area contributed by atoms with Crippen molar-refractivity contribution in [2.75, 3.05) is 36.0 Å². The van der Waals surface area contributed by atoms with Crippen LogP contribution in [0.4, 0.5) is 11.6 Å². The highest BCUT2D eigenvalue weighted by Gasteiger charge is 2.43. The first-order valence-electron chi connectivity index (χ1n) is 10.4. The van der Waals surface area contributed by atoms with E-state index in [0.717, 1.165) is 4.57 Å². The largest absolute Gasteiger partial charge is 0.340 e. The summed E-state index contributed by atoms with van der Waals surface area (Å²) in [6, 6.07) is 8.49. The Morgan fingerprint density at radius 3 is 2.31 bits per heavy atom. The number of benzene rings is 1. The van der Waals surface area contributed by atoms with Gasteiger partial charge >= 0.3 is 5.69 Å². The van der Waals surface area contributed by atoms with Crippen LogP contribution in [-0.2, 0) is 23.7 Å². The standard InChI is InChI=1S/C21H23N7O4/c1-24-17-16(19(31)25(2)21(24)32)22-20(23-17)27-10-8-26(9-11-27)14-12-15(29)28(18(14)30)13-6-4-3-5-7-13/h3-7,14H,8-12H2,1-2H3,(H,22,23)/t14-/m0/s1. The molecule has 0 aliphatic carbocycles. The molecule has 0 radical (unpaired) electrons. The van der Waals surface area contributed by atoms with Gasteiger partial charge in [0.15, 0.2) is 11.2 Å². The van der Waals surface area contributed by atoms with E-state index in [1.807, 2.05) is 15.9 Å². The molecule has 2 aliphatic rings. The molecule has 3 aromatic rings. The molecule has 2 aromatic heterocycles. The molecule has 11 heteroatoms. The quantitative estimate of drug-likeness (QED) is 0.545. The van der Waals surface area contributed by atoms with Crippen LogP contribution in [0.2, 0.25) is 0 Å². The number of hydrogen-bond donors (Lipinski definition) is 1. The monoisotopic (exact) mass is 437 g/mol. The van der Waals surface area contributed by atoms with Crippen molar-refractivity contribution in [2.45, 2.75) is 12.5 Å². The molecule has 0 bridgehead atoms. The van der Waals surface area contributed by atoms with Gasteiger partial charge < -0.3 is 9.88 Å². The SMILES string of the molecule is Cn1c(=O)c2[nH]c(N3CCN([C@H]4CC(=O)N(c5ccccc5)C4=O)CC3)nc2n(C)c1=O. The lowest BCUT2D eigenvalue weighted by Crippen LogP contribution is -2.52. The Morgan fingerprint density at radius 1 is 0.938 bits per heavy atom. The van der Waals surface area contributed by atoms with Crippen molar-refractivity contribution in [3.63, 3.8) is 0 Å². The number of para-hydroxylation sites is 1. The summed E-state index contributed by atoms with van der Waals surface area (Å²) >= 11 is 0. The van der Waals surface area contributed by atoms with Gasteiger partial charge in [0.05, 0.1) is 18.2 Å². The molecule has 0 saturated carbocycles. The fraction of sp³-hybridized carbons (Fsp3) is 0.381. The highest BCUT2D eigenvalue weighted by atomic mass is 16.2. The number of amides is 2. The molecule has 1 atom stereocenters. The van der Waals surface area contributed by atoms with E-state index in [1.54, 1.807) is 31.3 Å². The molecule has 11 nitrogen and oxygen atoms in total. The van der Waals surface area contributed by atoms with Crippen molar-refractivity contribution in [2.24, 2.45) is 14.1 Å². The van der Waals surface area contributed by atoms with Crippen molar-refractivity contribution < 1.29 is 9.59 Å². The van der Waals surface area contributed by atoms with E-state index in [9.17, 15) is 19.2 Å². The number of aryl methyl sites for hydroxylation is 1. The second-order valence-corrected chi connectivity index (χ2v) is 8.11. The van der Waals surface area contributed by atoms with E-state index < -0.39 is 17.3 Å². The number of piperazine rings is 1. The van der Waals surface area contributed by atoms with Gasteiger partial charge in [-0.05, 0) is 12.1 Å². The van der Waals surface area contributed by atoms with Gasteiger partial charge in [-0.3, -0.25) is 28.4 Å². The number of hydrogen-bond acceptors (Lipinski definition) is 7. The molecular formula is C21H23N7O4. The molecule has 2 amide bonds. The normalized spacial score (nSPS) is 20.0. The zero-order valence-corrected chi connectivity index (χ0v) is 17.8. The van der Waals surface area contributed by atoms with E-state index in [0.29, 0.717) is 43.5 Å². The number of H-pyrrole nitrogens is 1. The summed E-state index contributed by atoms with van der Waals surface area (Å²) < 4.78 is 2.39. The minimum absolute atomic E-state index is 0.163. The Kier molecular flexibility index (Phi) is 4.70. The Balaban J connectivity index is 1.33. The summed E-state index contributed by atoms with van der Waals surface area (Å²) in [5, 5.41) is 0. The zero-order valence-electron chi connectivity index (χ0n) is 17.8. The lowest BCUT2D eigenvalue weighted by molar-refractivity contribution is -0.123. The van der Waals surface area contributed by atoms with Crippen LogP contribution in [0.15, 0.2) is 39.9 Å². The topological polar surface area (TPSA) is 117 Å². The second kappa shape index (κ2) is 7.45. The van der Waals surface area contributed by atoms with Crippen LogP contribution in [-0.4, -0.2) is 68.0 Å². The van der Waals surface area contributed by atoms with Crippen LogP contribution < -0.4 is 21.0 Å². The molecule has 1 aromatic carbocycles. The van der Waals surface area contributed by atoms with Gasteiger partial charge in [-0.15, -0.1) is 0 Å². The molecule has 5 rings (SSSR count). The number of imide groups is 1. The smallest absolute Gasteiger partial charge is 0.332 e. The first-order chi connectivity index (χ1) is 15.4. The van der Waals surface area contributed by atoms with Gasteiger partial charge in [0, 0.05) is 40.3 Å². The van der Waals surface area contributed by atoms with Crippen molar-refractivity contribution >= 4 is 34.6 Å². The summed E-state index contributed by atoms with van der Waals surface area (Å²) in [5.41, 5.74) is 0.333. The van der Waals surface area contributed by atoms with E-state index in [-0.39, 0.29) is 23.8 Å². The van der Waals surface area contributed by atoms with Crippen LogP contribution in [0.1, 0.15) is 6.42 Å². The van der Waals surface area contributed by atoms with Gasteiger partial charge in [-0.2, -0.15) is 4.98 Å². The Bertz CT molecular complexity index is 1330. The van der Waals surface area contributed by atoms with E-state index in [1.165, 1.54) is 16.5 Å². The number of nitrogens with zero attached hydrogens (tertiary/aromatic N) is 6. The van der Waals surface area contributed by atoms with Gasteiger partial charge in [0.1, 0.15) is 0 Å². The summed E-state index contributed by atoms with van der Waals surface area (Å²) in [6.45, 7) is 2.27. The number of rotatable bonds is 3. The second-order valence-electron chi connectivity index (χ2n) is 8.11. The summed E-state index contributed by atoms with van der Waals surface area (Å²) in [4.78, 5) is 62.9. The number of fused-ring (bicyclic) bond motifs is 1. The minimum Gasteiger partial charge on any atom is -0.340 e. The van der Waals surface area contributed by atoms with Crippen molar-refractivity contribution in [3.05, 3.63) is 51.2 Å². The predicted octanol–water partition coefficient (Wildman–Crippen LogP) is -0.586. The molecular weight excluding hydrogens is 414 g/mol. The highest BCUT2D eigenvalue weighted by molar-refractivity contribution is 6.22. The number of carbonyl (C=O) groups excluding carboxylic acids is 2. The maximum Gasteiger partial charge on any atom is 0.332 e. The zero-order chi connectivity index (χ0) is 22.6. The average Bonchev–Trinajstić information content (AvgIpc) is 3.38. The number of imidazole rings is 1.